The van der Waals surface area contributed by atoms with Crippen LogP contribution in [-0.2, 0) is 43.6 Å². The fourth-order valence-corrected chi connectivity index (χ4v) is 3.72. The smallest absolute Gasteiger partial charge is 0.328 e. The lowest BCUT2D eigenvalue weighted by Gasteiger charge is -2.28. The first-order valence-corrected chi connectivity index (χ1v) is 10.1. The number of nitrogens with zero attached hydrogens (tertiary/aromatic N) is 1. The molecule has 1 aliphatic heterocycles. The van der Waals surface area contributed by atoms with Crippen LogP contribution in [0.25, 0.3) is 0 Å². The van der Waals surface area contributed by atoms with Gasteiger partial charge in [0.15, 0.2) is 0 Å². The van der Waals surface area contributed by atoms with Gasteiger partial charge in [-0.25, -0.2) is 4.79 Å². The molecule has 1 N–H and O–H groups in total. The largest absolute Gasteiger partial charge is 0.469 e. The second kappa shape index (κ2) is 11.4. The lowest BCUT2D eigenvalue weighted by molar-refractivity contribution is -0.151. The molecule has 1 heterocycles. The van der Waals surface area contributed by atoms with Crippen molar-refractivity contribution in [1.29, 1.82) is 0 Å². The number of benzene rings is 1. The zero-order chi connectivity index (χ0) is 23.7. The number of nitrogens with one attached hydrogen (secondary N) is 1. The van der Waals surface area contributed by atoms with Gasteiger partial charge in [-0.3, -0.25) is 24.1 Å². The van der Waals surface area contributed by atoms with Gasteiger partial charge in [-0.2, -0.15) is 0 Å². The maximum absolute atomic E-state index is 13.4. The third-order valence-corrected chi connectivity index (χ3v) is 5.35. The van der Waals surface area contributed by atoms with E-state index >= 15 is 0 Å². The van der Waals surface area contributed by atoms with Crippen molar-refractivity contribution in [2.45, 2.75) is 37.1 Å². The summed E-state index contributed by atoms with van der Waals surface area (Å²) in [5.41, 5.74) is -0.896. The second-order valence-electron chi connectivity index (χ2n) is 7.42. The Hall–Kier alpha value is -3.27. The Labute approximate surface area is 186 Å². The van der Waals surface area contributed by atoms with Gasteiger partial charge in [-0.15, -0.1) is 0 Å². The Balaban J connectivity index is 2.29. The molecule has 0 bridgehead atoms. The highest BCUT2D eigenvalue weighted by molar-refractivity contribution is 6.10. The summed E-state index contributed by atoms with van der Waals surface area (Å²) in [6, 6.07) is 7.28. The van der Waals surface area contributed by atoms with Crippen LogP contribution in [0.4, 0.5) is 0 Å². The third-order valence-electron chi connectivity index (χ3n) is 5.35. The van der Waals surface area contributed by atoms with Gasteiger partial charge in [0, 0.05) is 33.1 Å². The highest BCUT2D eigenvalue weighted by Gasteiger charge is 2.53. The van der Waals surface area contributed by atoms with E-state index in [1.165, 1.54) is 7.11 Å². The van der Waals surface area contributed by atoms with Gasteiger partial charge in [0.2, 0.25) is 17.7 Å². The highest BCUT2D eigenvalue weighted by atomic mass is 16.5. The third kappa shape index (κ3) is 5.70. The fraction of sp³-hybridized carbons (Fsp3) is 0.500. The molecule has 2 rings (SSSR count). The summed E-state index contributed by atoms with van der Waals surface area (Å²) < 4.78 is 14.2. The van der Waals surface area contributed by atoms with Gasteiger partial charge >= 0.3 is 11.9 Å². The number of carbonyl (C=O) groups is 5. The second-order valence-corrected chi connectivity index (χ2v) is 7.42. The van der Waals surface area contributed by atoms with E-state index in [1.807, 2.05) is 0 Å². The van der Waals surface area contributed by atoms with E-state index in [0.717, 1.165) is 19.1 Å². The molecule has 0 radical (unpaired) electrons. The van der Waals surface area contributed by atoms with Crippen LogP contribution in [0, 0.1) is 0 Å². The molecular weight excluding hydrogens is 420 g/mol. The average Bonchev–Trinajstić information content (AvgIpc) is 3.03. The van der Waals surface area contributed by atoms with Crippen molar-refractivity contribution in [2.75, 3.05) is 34.5 Å². The van der Waals surface area contributed by atoms with Crippen molar-refractivity contribution in [3.8, 4) is 0 Å². The first kappa shape index (κ1) is 25.0. The van der Waals surface area contributed by atoms with Gasteiger partial charge in [-0.1, -0.05) is 30.3 Å². The fourth-order valence-electron chi connectivity index (χ4n) is 3.72. The molecule has 0 spiro atoms. The van der Waals surface area contributed by atoms with Crippen LogP contribution in [-0.4, -0.2) is 75.1 Å². The number of imide groups is 1. The summed E-state index contributed by atoms with van der Waals surface area (Å²) in [6.45, 7) is 0.555. The van der Waals surface area contributed by atoms with Crippen LogP contribution in [0.1, 0.15) is 31.2 Å². The van der Waals surface area contributed by atoms with Crippen molar-refractivity contribution in [3.63, 3.8) is 0 Å². The number of rotatable bonds is 11. The predicted molar refractivity (Wildman–Crippen MR) is 111 cm³/mol. The Morgan fingerprint density at radius 3 is 2.38 bits per heavy atom. The van der Waals surface area contributed by atoms with Gasteiger partial charge < -0.3 is 19.5 Å². The van der Waals surface area contributed by atoms with Gasteiger partial charge in [0.25, 0.3) is 0 Å². The number of carbonyl (C=O) groups excluding carboxylic acids is 5. The Morgan fingerprint density at radius 1 is 1.09 bits per heavy atom. The molecule has 32 heavy (non-hydrogen) atoms. The van der Waals surface area contributed by atoms with Crippen molar-refractivity contribution in [2.24, 2.45) is 0 Å². The normalized spacial score (nSPS) is 18.9. The molecular formula is C22H28N2O8. The van der Waals surface area contributed by atoms with Gasteiger partial charge in [-0.05, 0) is 12.0 Å². The molecule has 2 unspecified atom stereocenters. The van der Waals surface area contributed by atoms with Crippen LogP contribution in [0.5, 0.6) is 0 Å². The van der Waals surface area contributed by atoms with Crippen LogP contribution in [0.15, 0.2) is 30.3 Å². The molecule has 10 nitrogen and oxygen atoms in total. The minimum absolute atomic E-state index is 0.175. The molecule has 0 aromatic heterocycles. The monoisotopic (exact) mass is 448 g/mol. The highest BCUT2D eigenvalue weighted by Crippen LogP contribution is 2.40. The molecule has 0 saturated carbocycles. The number of esters is 2. The standard InChI is InChI=1S/C22H28N2O8/c1-30-11-7-10-24-18(26)14-22(21(24)29,15-8-5-4-6-9-15)13-17(25)23-16(20(28)32-3)12-19(27)31-2/h4-6,8-9,16H,7,10-14H2,1-3H3,(H,23,25). The molecule has 0 aliphatic carbocycles. The van der Waals surface area contributed by atoms with Gasteiger partial charge in [0.1, 0.15) is 6.04 Å². The van der Waals surface area contributed by atoms with Crippen LogP contribution in [0.3, 0.4) is 0 Å². The van der Waals surface area contributed by atoms with Crippen molar-refractivity contribution in [3.05, 3.63) is 35.9 Å². The Morgan fingerprint density at radius 2 is 1.78 bits per heavy atom. The van der Waals surface area contributed by atoms with E-state index in [2.05, 4.69) is 14.8 Å². The van der Waals surface area contributed by atoms with E-state index in [9.17, 15) is 24.0 Å². The number of likely N-dealkylation sites (tertiary alicyclic amines) is 1. The molecule has 10 heteroatoms. The molecule has 174 valence electrons. The molecule has 1 aliphatic rings. The number of ether oxygens (including phenoxy) is 3. The SMILES string of the molecule is COCCCN1C(=O)CC(CC(=O)NC(CC(=O)OC)C(=O)OC)(c2ccccc2)C1=O. The maximum atomic E-state index is 13.4. The summed E-state index contributed by atoms with van der Waals surface area (Å²) in [7, 11) is 3.81. The van der Waals surface area contributed by atoms with E-state index in [1.54, 1.807) is 30.3 Å². The van der Waals surface area contributed by atoms with E-state index in [0.29, 0.717) is 18.6 Å². The number of amides is 3. The van der Waals surface area contributed by atoms with E-state index < -0.39 is 41.6 Å². The molecule has 1 saturated heterocycles. The molecule has 3 amide bonds. The van der Waals surface area contributed by atoms with E-state index in [-0.39, 0.29) is 25.3 Å². The molecule has 1 fully saturated rings. The first-order valence-electron chi connectivity index (χ1n) is 10.1. The summed E-state index contributed by atoms with van der Waals surface area (Å²) in [6.07, 6.45) is -0.523. The van der Waals surface area contributed by atoms with Crippen LogP contribution in [0.2, 0.25) is 0 Å². The van der Waals surface area contributed by atoms with Crippen molar-refractivity contribution in [1.82, 2.24) is 10.2 Å². The first-order chi connectivity index (χ1) is 15.3. The summed E-state index contributed by atoms with van der Waals surface area (Å²) in [4.78, 5) is 63.8. The number of hydrogen-bond donors (Lipinski definition) is 1. The Kier molecular flexibility index (Phi) is 8.89. The average molecular weight is 448 g/mol. The van der Waals surface area contributed by atoms with Crippen molar-refractivity contribution < 1.29 is 38.2 Å². The van der Waals surface area contributed by atoms with Crippen LogP contribution >= 0.6 is 0 Å². The van der Waals surface area contributed by atoms with E-state index in [4.69, 9.17) is 4.74 Å². The van der Waals surface area contributed by atoms with Crippen molar-refractivity contribution >= 4 is 29.7 Å². The summed E-state index contributed by atoms with van der Waals surface area (Å²) >= 11 is 0. The number of methoxy groups -OCH3 is 3. The minimum atomic E-state index is -1.42. The number of hydrogen-bond acceptors (Lipinski definition) is 8. The summed E-state index contributed by atoms with van der Waals surface area (Å²) in [5.74, 6) is -3.08. The summed E-state index contributed by atoms with van der Waals surface area (Å²) in [5, 5.41) is 2.44. The molecule has 2 atom stereocenters. The molecule has 1 aromatic carbocycles. The zero-order valence-electron chi connectivity index (χ0n) is 18.4. The molecule has 1 aromatic rings. The maximum Gasteiger partial charge on any atom is 0.328 e. The minimum Gasteiger partial charge on any atom is -0.469 e. The quantitative estimate of drug-likeness (QED) is 0.291. The zero-order valence-corrected chi connectivity index (χ0v) is 18.4. The lowest BCUT2D eigenvalue weighted by atomic mass is 9.75. The topological polar surface area (TPSA) is 128 Å². The van der Waals surface area contributed by atoms with Crippen LogP contribution < -0.4 is 5.32 Å². The predicted octanol–water partition coefficient (Wildman–Crippen LogP) is 0.331. The lowest BCUT2D eigenvalue weighted by Crippen LogP contribution is -2.47. The van der Waals surface area contributed by atoms with Gasteiger partial charge in [0.05, 0.1) is 26.1 Å². The Bertz CT molecular complexity index is 857.